The van der Waals surface area contributed by atoms with Crippen LogP contribution in [-0.2, 0) is 6.54 Å². The molecular formula is C13H16N4O2. The predicted molar refractivity (Wildman–Crippen MR) is 70.7 cm³/mol. The topological polar surface area (TPSA) is 80.0 Å². The highest BCUT2D eigenvalue weighted by Gasteiger charge is 2.07. The number of nitrogens with zero attached hydrogens (tertiary/aromatic N) is 2. The van der Waals surface area contributed by atoms with Crippen LogP contribution in [0, 0.1) is 0 Å². The summed E-state index contributed by atoms with van der Waals surface area (Å²) in [5.74, 6) is 1.15. The minimum Gasteiger partial charge on any atom is -0.370 e. The molecule has 0 radical (unpaired) electrons. The highest BCUT2D eigenvalue weighted by Crippen LogP contribution is 2.07. The Kier molecular flexibility index (Phi) is 4.49. The van der Waals surface area contributed by atoms with Gasteiger partial charge in [0.15, 0.2) is 5.76 Å². The van der Waals surface area contributed by atoms with Crippen molar-refractivity contribution in [2.24, 2.45) is 0 Å². The van der Waals surface area contributed by atoms with E-state index in [1.165, 1.54) is 0 Å². The summed E-state index contributed by atoms with van der Waals surface area (Å²) in [6.07, 6.45) is 4.16. The fraction of sp³-hybridized carbons (Fsp3) is 0.308. The van der Waals surface area contributed by atoms with Crippen molar-refractivity contribution in [3.8, 4) is 0 Å². The lowest BCUT2D eigenvalue weighted by Gasteiger charge is -2.06. The molecule has 0 aromatic carbocycles. The van der Waals surface area contributed by atoms with Gasteiger partial charge in [0, 0.05) is 24.4 Å². The number of carbonyl (C=O) groups excluding carboxylic acids is 1. The van der Waals surface area contributed by atoms with Gasteiger partial charge in [-0.3, -0.25) is 4.79 Å². The van der Waals surface area contributed by atoms with Crippen molar-refractivity contribution in [3.05, 3.63) is 41.9 Å². The third kappa shape index (κ3) is 3.80. The van der Waals surface area contributed by atoms with E-state index in [1.54, 1.807) is 30.6 Å². The third-order valence-electron chi connectivity index (χ3n) is 2.49. The number of nitrogens with one attached hydrogen (secondary N) is 2. The molecule has 1 amide bonds. The van der Waals surface area contributed by atoms with Gasteiger partial charge in [-0.1, -0.05) is 12.1 Å². The number of aromatic nitrogens is 2. The molecule has 0 aliphatic carbocycles. The quantitative estimate of drug-likeness (QED) is 0.828. The summed E-state index contributed by atoms with van der Waals surface area (Å²) in [7, 11) is 0. The fourth-order valence-electron chi connectivity index (χ4n) is 1.52. The van der Waals surface area contributed by atoms with Crippen molar-refractivity contribution in [2.75, 3.05) is 11.9 Å². The van der Waals surface area contributed by atoms with E-state index < -0.39 is 0 Å². The maximum absolute atomic E-state index is 11.9. The summed E-state index contributed by atoms with van der Waals surface area (Å²) >= 11 is 0. The van der Waals surface area contributed by atoms with Crippen molar-refractivity contribution >= 4 is 11.7 Å². The van der Waals surface area contributed by atoms with Gasteiger partial charge in [-0.15, -0.1) is 0 Å². The zero-order valence-corrected chi connectivity index (χ0v) is 10.7. The molecular weight excluding hydrogens is 244 g/mol. The predicted octanol–water partition coefficient (Wildman–Crippen LogP) is 1.82. The minimum absolute atomic E-state index is 0.168. The van der Waals surface area contributed by atoms with E-state index in [9.17, 15) is 4.79 Å². The molecule has 0 fully saturated rings. The zero-order chi connectivity index (χ0) is 13.5. The lowest BCUT2D eigenvalue weighted by atomic mass is 10.2. The van der Waals surface area contributed by atoms with Crippen LogP contribution in [-0.4, -0.2) is 22.6 Å². The second-order valence-electron chi connectivity index (χ2n) is 4.02. The molecule has 0 unspecified atom stereocenters. The van der Waals surface area contributed by atoms with Crippen LogP contribution in [0.15, 0.2) is 35.1 Å². The minimum atomic E-state index is -0.168. The molecule has 0 saturated heterocycles. The molecule has 0 spiro atoms. The highest BCUT2D eigenvalue weighted by atomic mass is 16.5. The molecule has 0 aliphatic rings. The Morgan fingerprint density at radius 1 is 1.37 bits per heavy atom. The smallest absolute Gasteiger partial charge is 0.251 e. The average molecular weight is 260 g/mol. The normalized spacial score (nSPS) is 10.2. The van der Waals surface area contributed by atoms with Crippen molar-refractivity contribution in [1.29, 1.82) is 0 Å². The lowest BCUT2D eigenvalue weighted by molar-refractivity contribution is 0.0947. The van der Waals surface area contributed by atoms with Crippen LogP contribution in [0.25, 0.3) is 0 Å². The first-order valence-corrected chi connectivity index (χ1v) is 6.17. The fourth-order valence-corrected chi connectivity index (χ4v) is 1.52. The number of amides is 1. The van der Waals surface area contributed by atoms with Gasteiger partial charge < -0.3 is 15.2 Å². The molecule has 0 atom stereocenters. The second kappa shape index (κ2) is 6.53. The molecule has 0 saturated carbocycles. The summed E-state index contributed by atoms with van der Waals surface area (Å²) in [6, 6.07) is 5.11. The summed E-state index contributed by atoms with van der Waals surface area (Å²) < 4.78 is 4.91. The van der Waals surface area contributed by atoms with E-state index in [0.717, 1.165) is 13.0 Å². The first kappa shape index (κ1) is 13.1. The summed E-state index contributed by atoms with van der Waals surface area (Å²) in [5, 5.41) is 9.47. The molecule has 2 N–H and O–H groups in total. The van der Waals surface area contributed by atoms with Crippen LogP contribution in [0.2, 0.25) is 0 Å². The Morgan fingerprint density at radius 3 is 3.00 bits per heavy atom. The molecule has 2 heterocycles. The highest BCUT2D eigenvalue weighted by molar-refractivity contribution is 5.94. The van der Waals surface area contributed by atoms with E-state index in [-0.39, 0.29) is 5.91 Å². The van der Waals surface area contributed by atoms with Crippen LogP contribution in [0.5, 0.6) is 0 Å². The number of rotatable bonds is 6. The van der Waals surface area contributed by atoms with Gasteiger partial charge in [-0.2, -0.15) is 0 Å². The molecule has 100 valence electrons. The summed E-state index contributed by atoms with van der Waals surface area (Å²) in [5.41, 5.74) is 0.563. The Hall–Kier alpha value is -2.37. The van der Waals surface area contributed by atoms with Gasteiger partial charge in [-0.05, 0) is 18.6 Å². The molecule has 6 nitrogen and oxygen atoms in total. The monoisotopic (exact) mass is 260 g/mol. The molecule has 2 aromatic rings. The summed E-state index contributed by atoms with van der Waals surface area (Å²) in [4.78, 5) is 16.1. The molecule has 0 bridgehead atoms. The van der Waals surface area contributed by atoms with E-state index in [2.05, 4.69) is 27.7 Å². The third-order valence-corrected chi connectivity index (χ3v) is 2.49. The Labute approximate surface area is 111 Å². The number of anilines is 1. The number of carbonyl (C=O) groups is 1. The van der Waals surface area contributed by atoms with E-state index >= 15 is 0 Å². The number of pyridine rings is 1. The first-order valence-electron chi connectivity index (χ1n) is 6.17. The Balaban J connectivity index is 1.94. The van der Waals surface area contributed by atoms with Gasteiger partial charge in [0.2, 0.25) is 0 Å². The zero-order valence-electron chi connectivity index (χ0n) is 10.7. The standard InChI is InChI=1S/C13H16N4O2/c1-2-5-14-12-8-10(3-6-15-12)13(18)16-9-11-4-7-17-19-11/h3-4,6-8H,2,5,9H2,1H3,(H,14,15)(H,16,18). The van der Waals surface area contributed by atoms with E-state index in [4.69, 9.17) is 4.52 Å². The van der Waals surface area contributed by atoms with Crippen molar-refractivity contribution in [2.45, 2.75) is 19.9 Å². The maximum atomic E-state index is 11.9. The molecule has 0 aliphatic heterocycles. The SMILES string of the molecule is CCCNc1cc(C(=O)NCc2ccno2)ccn1. The van der Waals surface area contributed by atoms with Gasteiger partial charge >= 0.3 is 0 Å². The molecule has 6 heteroatoms. The maximum Gasteiger partial charge on any atom is 0.251 e. The lowest BCUT2D eigenvalue weighted by Crippen LogP contribution is -2.22. The number of hydrogen-bond donors (Lipinski definition) is 2. The van der Waals surface area contributed by atoms with Gasteiger partial charge in [0.25, 0.3) is 5.91 Å². The molecule has 2 aromatic heterocycles. The van der Waals surface area contributed by atoms with E-state index in [1.807, 2.05) is 0 Å². The summed E-state index contributed by atoms with van der Waals surface area (Å²) in [6.45, 7) is 3.22. The largest absolute Gasteiger partial charge is 0.370 e. The van der Waals surface area contributed by atoms with Crippen LogP contribution < -0.4 is 10.6 Å². The average Bonchev–Trinajstić information content (AvgIpc) is 2.96. The van der Waals surface area contributed by atoms with Gasteiger partial charge in [0.1, 0.15) is 5.82 Å². The van der Waals surface area contributed by atoms with Gasteiger partial charge in [0.05, 0.1) is 12.7 Å². The number of hydrogen-bond acceptors (Lipinski definition) is 5. The van der Waals surface area contributed by atoms with Crippen molar-refractivity contribution in [1.82, 2.24) is 15.5 Å². The van der Waals surface area contributed by atoms with Crippen LogP contribution in [0.3, 0.4) is 0 Å². The molecule has 19 heavy (non-hydrogen) atoms. The first-order chi connectivity index (χ1) is 9.29. The van der Waals surface area contributed by atoms with Crippen LogP contribution in [0.4, 0.5) is 5.82 Å². The van der Waals surface area contributed by atoms with Crippen LogP contribution in [0.1, 0.15) is 29.5 Å². The Morgan fingerprint density at radius 2 is 2.26 bits per heavy atom. The van der Waals surface area contributed by atoms with Gasteiger partial charge in [-0.25, -0.2) is 4.98 Å². The van der Waals surface area contributed by atoms with Crippen LogP contribution >= 0.6 is 0 Å². The Bertz CT molecular complexity index is 525. The second-order valence-corrected chi connectivity index (χ2v) is 4.02. The van der Waals surface area contributed by atoms with Crippen molar-refractivity contribution in [3.63, 3.8) is 0 Å². The van der Waals surface area contributed by atoms with E-state index in [0.29, 0.717) is 23.7 Å². The van der Waals surface area contributed by atoms with Crippen molar-refractivity contribution < 1.29 is 9.32 Å². The molecule has 2 rings (SSSR count).